The van der Waals surface area contributed by atoms with E-state index in [1.54, 1.807) is 0 Å². The van der Waals surface area contributed by atoms with Crippen LogP contribution in [0, 0.1) is 11.8 Å². The largest absolute Gasteiger partial charge is 0.388 e. The van der Waals surface area contributed by atoms with E-state index < -0.39 is 0 Å². The molecule has 6 nitrogen and oxygen atoms in total. The summed E-state index contributed by atoms with van der Waals surface area (Å²) in [5, 5.41) is 18.7. The summed E-state index contributed by atoms with van der Waals surface area (Å²) in [4.78, 5) is 8.90. The Morgan fingerprint density at radius 2 is 1.25 bits per heavy atom. The number of imidazole rings is 2. The molecule has 168 valence electrons. The van der Waals surface area contributed by atoms with Crippen LogP contribution < -0.4 is 0 Å². The second-order valence-corrected chi connectivity index (χ2v) is 10.6. The summed E-state index contributed by atoms with van der Waals surface area (Å²) >= 11 is 6.92. The maximum Gasteiger partial charge on any atom is 0.135 e. The number of benzene rings is 2. The molecule has 8 heteroatoms. The number of rotatable bonds is 6. The second kappa shape index (κ2) is 9.25. The van der Waals surface area contributed by atoms with E-state index in [1.807, 2.05) is 24.3 Å². The first-order valence-corrected chi connectivity index (χ1v) is 12.7. The Balaban J connectivity index is 0.000000135. The van der Waals surface area contributed by atoms with E-state index in [2.05, 4.69) is 63.1 Å². The standard InChI is InChI=1S/2C12H13BrN2O/c13-9-3-4-11-10(5-9)14-12(7-16)15(11)6-8-1-2-8;13-9-3-4-10-11(5-9)15(6-8-1-2-8)12(7-16)14-10/h2*3-5,8,16H,1-2,6-7H2. The smallest absolute Gasteiger partial charge is 0.135 e. The first-order valence-electron chi connectivity index (χ1n) is 11.1. The van der Waals surface area contributed by atoms with E-state index in [4.69, 9.17) is 0 Å². The van der Waals surface area contributed by atoms with Crippen molar-refractivity contribution >= 4 is 53.9 Å². The van der Waals surface area contributed by atoms with Gasteiger partial charge in [0, 0.05) is 22.0 Å². The van der Waals surface area contributed by atoms with Crippen molar-refractivity contribution in [2.75, 3.05) is 0 Å². The number of aromatic nitrogens is 4. The third-order valence-corrected chi connectivity index (χ3v) is 7.12. The minimum absolute atomic E-state index is 0.0129. The molecule has 2 aromatic carbocycles. The van der Waals surface area contributed by atoms with Crippen LogP contribution in [0.2, 0.25) is 0 Å². The van der Waals surface area contributed by atoms with Gasteiger partial charge in [-0.15, -0.1) is 0 Å². The summed E-state index contributed by atoms with van der Waals surface area (Å²) in [6.07, 6.45) is 5.22. The average molecular weight is 562 g/mol. The lowest BCUT2D eigenvalue weighted by Crippen LogP contribution is -2.05. The van der Waals surface area contributed by atoms with Gasteiger partial charge in [-0.25, -0.2) is 9.97 Å². The maximum atomic E-state index is 9.33. The van der Waals surface area contributed by atoms with Crippen LogP contribution in [0.5, 0.6) is 0 Å². The number of fused-ring (bicyclic) bond motifs is 2. The van der Waals surface area contributed by atoms with Crippen molar-refractivity contribution in [3.05, 3.63) is 57.0 Å². The van der Waals surface area contributed by atoms with Crippen LogP contribution in [0.15, 0.2) is 45.3 Å². The molecule has 2 aliphatic rings. The van der Waals surface area contributed by atoms with Gasteiger partial charge in [-0.1, -0.05) is 31.9 Å². The third kappa shape index (κ3) is 4.78. The molecule has 4 aromatic rings. The lowest BCUT2D eigenvalue weighted by Gasteiger charge is -2.06. The molecule has 2 aromatic heterocycles. The van der Waals surface area contributed by atoms with E-state index in [1.165, 1.54) is 25.7 Å². The number of aliphatic hydroxyl groups excluding tert-OH is 2. The molecule has 0 unspecified atom stereocenters. The average Bonchev–Trinajstić information content (AvgIpc) is 3.71. The Hall–Kier alpha value is -1.74. The number of nitrogens with zero attached hydrogens (tertiary/aromatic N) is 4. The molecule has 0 atom stereocenters. The summed E-state index contributed by atoms with van der Waals surface area (Å²) < 4.78 is 6.39. The minimum Gasteiger partial charge on any atom is -0.388 e. The molecule has 2 saturated carbocycles. The number of hydrogen-bond donors (Lipinski definition) is 2. The van der Waals surface area contributed by atoms with Gasteiger partial charge in [-0.05, 0) is 73.9 Å². The van der Waals surface area contributed by atoms with E-state index in [0.29, 0.717) is 0 Å². The number of halogens is 2. The van der Waals surface area contributed by atoms with E-state index in [9.17, 15) is 10.2 Å². The van der Waals surface area contributed by atoms with Gasteiger partial charge in [0.25, 0.3) is 0 Å². The van der Waals surface area contributed by atoms with Crippen molar-refractivity contribution in [3.63, 3.8) is 0 Å². The van der Waals surface area contributed by atoms with Crippen molar-refractivity contribution in [1.29, 1.82) is 0 Å². The van der Waals surface area contributed by atoms with E-state index in [-0.39, 0.29) is 13.2 Å². The summed E-state index contributed by atoms with van der Waals surface area (Å²) in [7, 11) is 0. The Bertz CT molecular complexity index is 1260. The zero-order chi connectivity index (χ0) is 22.2. The van der Waals surface area contributed by atoms with Gasteiger partial charge < -0.3 is 19.3 Å². The van der Waals surface area contributed by atoms with Gasteiger partial charge in [0.1, 0.15) is 24.9 Å². The predicted molar refractivity (Wildman–Crippen MR) is 132 cm³/mol. The fourth-order valence-corrected chi connectivity index (χ4v) is 4.76. The number of hydrogen-bond acceptors (Lipinski definition) is 4. The van der Waals surface area contributed by atoms with Gasteiger partial charge in [0.05, 0.1) is 22.1 Å². The van der Waals surface area contributed by atoms with E-state index in [0.717, 1.165) is 67.6 Å². The zero-order valence-corrected chi connectivity index (χ0v) is 20.9. The van der Waals surface area contributed by atoms with Crippen molar-refractivity contribution in [3.8, 4) is 0 Å². The fraction of sp³-hybridized carbons (Fsp3) is 0.417. The van der Waals surface area contributed by atoms with Crippen LogP contribution in [0.4, 0.5) is 0 Å². The first-order chi connectivity index (χ1) is 15.6. The topological polar surface area (TPSA) is 76.1 Å². The first kappa shape index (κ1) is 22.1. The van der Waals surface area contributed by atoms with Crippen molar-refractivity contribution < 1.29 is 10.2 Å². The lowest BCUT2D eigenvalue weighted by atomic mass is 10.3. The Labute approximate surface area is 203 Å². The van der Waals surface area contributed by atoms with Crippen LogP contribution in [0.1, 0.15) is 37.3 Å². The molecule has 2 heterocycles. The van der Waals surface area contributed by atoms with Gasteiger partial charge >= 0.3 is 0 Å². The molecule has 32 heavy (non-hydrogen) atoms. The zero-order valence-electron chi connectivity index (χ0n) is 17.7. The molecule has 0 saturated heterocycles. The normalized spacial score (nSPS) is 15.9. The maximum absolute atomic E-state index is 9.33. The monoisotopic (exact) mass is 560 g/mol. The molecule has 2 aliphatic carbocycles. The molecule has 0 aliphatic heterocycles. The van der Waals surface area contributed by atoms with Gasteiger partial charge in [0.15, 0.2) is 0 Å². The molecule has 0 radical (unpaired) electrons. The summed E-state index contributed by atoms with van der Waals surface area (Å²) in [6, 6.07) is 12.1. The summed E-state index contributed by atoms with van der Waals surface area (Å²) in [6.45, 7) is 2.01. The van der Waals surface area contributed by atoms with E-state index >= 15 is 0 Å². The Kier molecular flexibility index (Phi) is 6.38. The molecule has 2 N–H and O–H groups in total. The van der Waals surface area contributed by atoms with Gasteiger partial charge in [-0.3, -0.25) is 0 Å². The third-order valence-electron chi connectivity index (χ3n) is 6.14. The quantitative estimate of drug-likeness (QED) is 0.330. The summed E-state index contributed by atoms with van der Waals surface area (Å²) in [5.74, 6) is 3.12. The SMILES string of the molecule is OCc1nc2cc(Br)ccc2n1CC1CC1.OCc1nc2ccc(Br)cc2n1CC1CC1. The highest BCUT2D eigenvalue weighted by Gasteiger charge is 2.25. The van der Waals surface area contributed by atoms with Gasteiger partial charge in [0.2, 0.25) is 0 Å². The van der Waals surface area contributed by atoms with Crippen LogP contribution in [0.3, 0.4) is 0 Å². The van der Waals surface area contributed by atoms with Crippen molar-refractivity contribution in [1.82, 2.24) is 19.1 Å². The molecule has 6 rings (SSSR count). The molecule has 0 bridgehead atoms. The molecule has 0 spiro atoms. The van der Waals surface area contributed by atoms with Crippen LogP contribution >= 0.6 is 31.9 Å². The summed E-state index contributed by atoms with van der Waals surface area (Å²) in [5.41, 5.74) is 4.16. The lowest BCUT2D eigenvalue weighted by molar-refractivity contribution is 0.265. The van der Waals surface area contributed by atoms with Crippen molar-refractivity contribution in [2.45, 2.75) is 52.0 Å². The number of aliphatic hydroxyl groups is 2. The Morgan fingerprint density at radius 1 is 0.719 bits per heavy atom. The molecular formula is C24H26Br2N4O2. The van der Waals surface area contributed by atoms with Crippen LogP contribution in [-0.4, -0.2) is 29.3 Å². The second-order valence-electron chi connectivity index (χ2n) is 8.75. The van der Waals surface area contributed by atoms with Crippen LogP contribution in [-0.2, 0) is 26.3 Å². The molecule has 0 amide bonds. The fourth-order valence-electron chi connectivity index (χ4n) is 4.06. The predicted octanol–water partition coefficient (Wildman–Crippen LogP) is 5.40. The highest BCUT2D eigenvalue weighted by molar-refractivity contribution is 9.10. The van der Waals surface area contributed by atoms with Crippen LogP contribution in [0.25, 0.3) is 22.1 Å². The highest BCUT2D eigenvalue weighted by atomic mass is 79.9. The van der Waals surface area contributed by atoms with Crippen molar-refractivity contribution in [2.24, 2.45) is 11.8 Å². The Morgan fingerprint density at radius 3 is 1.84 bits per heavy atom. The minimum atomic E-state index is 0.0129. The molecule has 2 fully saturated rings. The molecular weight excluding hydrogens is 536 g/mol. The van der Waals surface area contributed by atoms with Gasteiger partial charge in [-0.2, -0.15) is 0 Å². The highest BCUT2D eigenvalue weighted by Crippen LogP contribution is 2.34.